The van der Waals surface area contributed by atoms with Gasteiger partial charge in [-0.1, -0.05) is 12.1 Å². The van der Waals surface area contributed by atoms with E-state index in [9.17, 15) is 4.79 Å². The number of aromatic nitrogens is 1. The highest BCUT2D eigenvalue weighted by Crippen LogP contribution is 2.45. The summed E-state index contributed by atoms with van der Waals surface area (Å²) in [6.45, 7) is 8.89. The van der Waals surface area contributed by atoms with Crippen molar-refractivity contribution in [3.05, 3.63) is 42.5 Å². The van der Waals surface area contributed by atoms with Crippen molar-refractivity contribution >= 4 is 34.1 Å². The minimum absolute atomic E-state index is 0.453. The van der Waals surface area contributed by atoms with Gasteiger partial charge in [-0.15, -0.1) is 0 Å². The first-order chi connectivity index (χ1) is 16.3. The van der Waals surface area contributed by atoms with Crippen molar-refractivity contribution in [2.45, 2.75) is 51.7 Å². The zero-order chi connectivity index (χ0) is 23.9. The second-order valence-corrected chi connectivity index (χ2v) is 10.2. The zero-order valence-corrected chi connectivity index (χ0v) is 20.3. The molecule has 1 aliphatic heterocycles. The Labute approximate surface area is 200 Å². The molecule has 0 atom stereocenters. The van der Waals surface area contributed by atoms with Gasteiger partial charge in [0, 0.05) is 41.5 Å². The highest BCUT2D eigenvalue weighted by Gasteiger charge is 2.27. The molecule has 34 heavy (non-hydrogen) atoms. The molecule has 1 saturated carbocycles. The highest BCUT2D eigenvalue weighted by molar-refractivity contribution is 6.02. The van der Waals surface area contributed by atoms with Crippen LogP contribution in [-0.2, 0) is 9.47 Å². The van der Waals surface area contributed by atoms with Crippen LogP contribution in [0.3, 0.4) is 0 Å². The van der Waals surface area contributed by atoms with Gasteiger partial charge >= 0.3 is 6.09 Å². The number of rotatable bonds is 4. The van der Waals surface area contributed by atoms with Crippen LogP contribution in [0.4, 0.5) is 21.9 Å². The maximum absolute atomic E-state index is 12.1. The van der Waals surface area contributed by atoms with Crippen LogP contribution in [0.1, 0.15) is 46.1 Å². The molecule has 2 fully saturated rings. The molecule has 1 amide bonds. The maximum Gasteiger partial charge on any atom is 0.412 e. The number of carbonyl (C=O) groups excluding carboxylic acids is 1. The van der Waals surface area contributed by atoms with Gasteiger partial charge in [-0.25, -0.2) is 4.79 Å². The number of hydrogen-bond donors (Lipinski definition) is 2. The van der Waals surface area contributed by atoms with E-state index in [1.165, 1.54) is 17.6 Å². The van der Waals surface area contributed by atoms with Gasteiger partial charge in [0.1, 0.15) is 5.60 Å². The Morgan fingerprint density at radius 1 is 1.09 bits per heavy atom. The van der Waals surface area contributed by atoms with E-state index in [0.717, 1.165) is 61.5 Å². The summed E-state index contributed by atoms with van der Waals surface area (Å²) >= 11 is 0. The average molecular weight is 463 g/mol. The van der Waals surface area contributed by atoms with Gasteiger partial charge in [-0.2, -0.15) is 0 Å². The lowest BCUT2D eigenvalue weighted by molar-refractivity contribution is 0.0636. The number of nitrogens with zero attached hydrogens (tertiary/aromatic N) is 2. The van der Waals surface area contributed by atoms with Gasteiger partial charge in [-0.05, 0) is 70.4 Å². The predicted octanol–water partition coefficient (Wildman–Crippen LogP) is 5.80. The molecule has 7 nitrogen and oxygen atoms in total. The summed E-state index contributed by atoms with van der Waals surface area (Å²) in [6.07, 6.45) is 3.11. The van der Waals surface area contributed by atoms with Gasteiger partial charge in [0.25, 0.3) is 0 Å². The van der Waals surface area contributed by atoms with E-state index >= 15 is 0 Å². The van der Waals surface area contributed by atoms with Crippen molar-refractivity contribution in [1.29, 1.82) is 0 Å². The number of fused-ring (bicyclic) bond motifs is 1. The summed E-state index contributed by atoms with van der Waals surface area (Å²) in [5.74, 6) is 0. The Morgan fingerprint density at radius 3 is 2.41 bits per heavy atom. The number of benzene rings is 2. The van der Waals surface area contributed by atoms with Gasteiger partial charge in [-0.3, -0.25) is 5.32 Å². The highest BCUT2D eigenvalue weighted by atomic mass is 16.6. The van der Waals surface area contributed by atoms with Crippen LogP contribution in [0.5, 0.6) is 0 Å². The molecule has 1 aliphatic carbocycles. The smallest absolute Gasteiger partial charge is 0.412 e. The topological polar surface area (TPSA) is 81.8 Å². The molecule has 2 aliphatic rings. The zero-order valence-electron chi connectivity index (χ0n) is 20.3. The molecule has 2 heterocycles. The number of hydrogen-bond acceptors (Lipinski definition) is 5. The van der Waals surface area contributed by atoms with Crippen molar-refractivity contribution in [3.8, 4) is 11.3 Å². The Bertz CT molecular complexity index is 1180. The Morgan fingerprint density at radius 2 is 1.79 bits per heavy atom. The third-order valence-electron chi connectivity index (χ3n) is 6.65. The lowest BCUT2D eigenvalue weighted by atomic mass is 9.92. The summed E-state index contributed by atoms with van der Waals surface area (Å²) in [5, 5.41) is 3.90. The van der Waals surface area contributed by atoms with Crippen LogP contribution in [0.15, 0.2) is 42.5 Å². The average Bonchev–Trinajstić information content (AvgIpc) is 3.04. The third kappa shape index (κ3) is 4.44. The second kappa shape index (κ2) is 8.87. The summed E-state index contributed by atoms with van der Waals surface area (Å²) in [7, 11) is 0. The quantitative estimate of drug-likeness (QED) is 0.512. The molecule has 1 aromatic heterocycles. The minimum atomic E-state index is -0.539. The fourth-order valence-corrected chi connectivity index (χ4v) is 4.79. The van der Waals surface area contributed by atoms with E-state index in [2.05, 4.69) is 33.0 Å². The van der Waals surface area contributed by atoms with E-state index in [4.69, 9.17) is 15.2 Å². The molecule has 3 aromatic rings. The molecule has 1 saturated heterocycles. The predicted molar refractivity (Wildman–Crippen MR) is 138 cm³/mol. The maximum atomic E-state index is 12.1. The number of anilines is 3. The van der Waals surface area contributed by atoms with E-state index < -0.39 is 11.7 Å². The number of morpholine rings is 1. The van der Waals surface area contributed by atoms with Crippen molar-refractivity contribution in [1.82, 2.24) is 4.57 Å². The largest absolute Gasteiger partial charge is 0.444 e. The van der Waals surface area contributed by atoms with Crippen LogP contribution >= 0.6 is 0 Å². The first-order valence-corrected chi connectivity index (χ1v) is 12.2. The normalized spacial score (nSPS) is 17.0. The second-order valence-electron chi connectivity index (χ2n) is 10.2. The van der Waals surface area contributed by atoms with Crippen molar-refractivity contribution < 1.29 is 14.3 Å². The van der Waals surface area contributed by atoms with E-state index in [1.54, 1.807) is 0 Å². The van der Waals surface area contributed by atoms with Crippen molar-refractivity contribution in [2.75, 3.05) is 42.3 Å². The van der Waals surface area contributed by atoms with Gasteiger partial charge in [0.15, 0.2) is 0 Å². The molecule has 0 unspecified atom stereocenters. The number of ether oxygens (including phenoxy) is 2. The molecular weight excluding hydrogens is 428 g/mol. The molecule has 180 valence electrons. The molecule has 5 rings (SSSR count). The Hall–Kier alpha value is -3.19. The van der Waals surface area contributed by atoms with Crippen LogP contribution in [0.25, 0.3) is 22.2 Å². The molecule has 0 radical (unpaired) electrons. The SMILES string of the molecule is CC(C)(C)OC(=O)Nc1ccc(-c2c(N)c3ccc(N4CCOCC4)cc3n2C2CCC2)cc1. The fourth-order valence-electron chi connectivity index (χ4n) is 4.79. The molecule has 0 spiro atoms. The Balaban J connectivity index is 1.50. The van der Waals surface area contributed by atoms with E-state index in [1.807, 2.05) is 45.0 Å². The van der Waals surface area contributed by atoms with Crippen molar-refractivity contribution in [2.24, 2.45) is 0 Å². The number of amides is 1. The van der Waals surface area contributed by atoms with Crippen LogP contribution in [0, 0.1) is 0 Å². The van der Waals surface area contributed by atoms with Gasteiger partial charge in [0.05, 0.1) is 30.1 Å². The molecule has 0 bridgehead atoms. The first kappa shape index (κ1) is 22.6. The summed E-state index contributed by atoms with van der Waals surface area (Å²) in [5.41, 5.74) is 12.2. The van der Waals surface area contributed by atoms with Crippen molar-refractivity contribution in [3.63, 3.8) is 0 Å². The van der Waals surface area contributed by atoms with Crippen LogP contribution in [0.2, 0.25) is 0 Å². The molecule has 3 N–H and O–H groups in total. The van der Waals surface area contributed by atoms with Gasteiger partial charge < -0.3 is 24.7 Å². The Kier molecular flexibility index (Phi) is 5.90. The molecule has 7 heteroatoms. The third-order valence-corrected chi connectivity index (χ3v) is 6.65. The summed E-state index contributed by atoms with van der Waals surface area (Å²) in [4.78, 5) is 14.5. The number of nitrogen functional groups attached to an aromatic ring is 1. The number of nitrogens with one attached hydrogen (secondary N) is 1. The monoisotopic (exact) mass is 462 g/mol. The summed E-state index contributed by atoms with van der Waals surface area (Å²) in [6, 6.07) is 14.9. The van der Waals surface area contributed by atoms with Gasteiger partial charge in [0.2, 0.25) is 0 Å². The number of carbonyl (C=O) groups is 1. The minimum Gasteiger partial charge on any atom is -0.444 e. The summed E-state index contributed by atoms with van der Waals surface area (Å²) < 4.78 is 13.3. The lowest BCUT2D eigenvalue weighted by Gasteiger charge is -2.31. The molecule has 2 aromatic carbocycles. The standard InChI is InChI=1S/C27H34N4O3/c1-27(2,3)34-26(32)29-19-9-7-18(8-10-19)25-24(28)22-12-11-21(30-13-15-33-16-14-30)17-23(22)31(25)20-5-4-6-20/h7-12,17,20H,4-6,13-16,28H2,1-3H3,(H,29,32). The van der Waals surface area contributed by atoms with E-state index in [-0.39, 0.29) is 0 Å². The first-order valence-electron chi connectivity index (χ1n) is 12.2. The lowest BCUT2D eigenvalue weighted by Crippen LogP contribution is -2.36. The van der Waals surface area contributed by atoms with Crippen LogP contribution < -0.4 is 16.0 Å². The molecular formula is C27H34N4O3. The number of nitrogens with two attached hydrogens (primary N) is 1. The fraction of sp³-hybridized carbons (Fsp3) is 0.444. The van der Waals surface area contributed by atoms with E-state index in [0.29, 0.717) is 11.7 Å². The van der Waals surface area contributed by atoms with Crippen LogP contribution in [-0.4, -0.2) is 42.6 Å².